The summed E-state index contributed by atoms with van der Waals surface area (Å²) in [6, 6.07) is 13.4. The Morgan fingerprint density at radius 2 is 1.81 bits per heavy atom. The molecule has 3 aromatic rings. The van der Waals surface area contributed by atoms with Gasteiger partial charge in [0.15, 0.2) is 11.5 Å². The molecule has 0 aliphatic rings. The highest BCUT2D eigenvalue weighted by Crippen LogP contribution is 2.18. The van der Waals surface area contributed by atoms with Gasteiger partial charge in [-0.05, 0) is 54.8 Å². The first-order valence-electron chi connectivity index (χ1n) is 8.18. The first-order chi connectivity index (χ1) is 12.5. The van der Waals surface area contributed by atoms with Crippen LogP contribution in [0.4, 0.5) is 11.5 Å². The lowest BCUT2D eigenvalue weighted by Gasteiger charge is -2.07. The number of methoxy groups -OCH3 is 1. The van der Waals surface area contributed by atoms with Gasteiger partial charge in [-0.3, -0.25) is 4.79 Å². The summed E-state index contributed by atoms with van der Waals surface area (Å²) in [6.45, 7) is 4.37. The summed E-state index contributed by atoms with van der Waals surface area (Å²) in [4.78, 5) is 12.5. The van der Waals surface area contributed by atoms with E-state index in [1.807, 2.05) is 56.3 Å². The van der Waals surface area contributed by atoms with Gasteiger partial charge in [0, 0.05) is 5.69 Å². The number of nitrogen functional groups attached to an aromatic ring is 1. The van der Waals surface area contributed by atoms with Gasteiger partial charge in [-0.25, -0.2) is 4.68 Å². The van der Waals surface area contributed by atoms with Crippen LogP contribution in [-0.2, 0) is 6.54 Å². The van der Waals surface area contributed by atoms with E-state index in [-0.39, 0.29) is 17.4 Å². The number of nitrogens with zero attached hydrogens (tertiary/aromatic N) is 3. The number of aromatic nitrogens is 3. The van der Waals surface area contributed by atoms with Gasteiger partial charge in [0.1, 0.15) is 5.75 Å². The van der Waals surface area contributed by atoms with E-state index < -0.39 is 0 Å². The van der Waals surface area contributed by atoms with Crippen LogP contribution in [0.3, 0.4) is 0 Å². The van der Waals surface area contributed by atoms with E-state index in [1.165, 1.54) is 4.68 Å². The van der Waals surface area contributed by atoms with Crippen molar-refractivity contribution in [3.8, 4) is 5.75 Å². The summed E-state index contributed by atoms with van der Waals surface area (Å²) in [5.74, 6) is 0.616. The number of hydrogen-bond acceptors (Lipinski definition) is 5. The van der Waals surface area contributed by atoms with E-state index in [0.717, 1.165) is 22.4 Å². The Bertz CT molecular complexity index is 911. The molecule has 0 spiro atoms. The molecule has 0 fully saturated rings. The Morgan fingerprint density at radius 3 is 2.42 bits per heavy atom. The third-order valence-electron chi connectivity index (χ3n) is 3.96. The van der Waals surface area contributed by atoms with Gasteiger partial charge in [0.05, 0.1) is 13.7 Å². The fraction of sp³-hybridized carbons (Fsp3) is 0.211. The molecule has 2 aromatic carbocycles. The molecule has 0 saturated heterocycles. The summed E-state index contributed by atoms with van der Waals surface area (Å²) in [7, 11) is 1.62. The van der Waals surface area contributed by atoms with Gasteiger partial charge in [-0.1, -0.05) is 23.4 Å². The topological polar surface area (TPSA) is 95.1 Å². The SMILES string of the molecule is COc1ccc(Cn2nnc(C(=O)Nc3cc(C)cc(C)c3)c2N)cc1. The van der Waals surface area contributed by atoms with Crippen molar-refractivity contribution in [2.45, 2.75) is 20.4 Å². The third-order valence-corrected chi connectivity index (χ3v) is 3.96. The van der Waals surface area contributed by atoms with Gasteiger partial charge in [0.25, 0.3) is 5.91 Å². The van der Waals surface area contributed by atoms with Crippen molar-refractivity contribution < 1.29 is 9.53 Å². The van der Waals surface area contributed by atoms with E-state index in [1.54, 1.807) is 7.11 Å². The number of carbonyl (C=O) groups is 1. The van der Waals surface area contributed by atoms with Crippen LogP contribution in [0, 0.1) is 13.8 Å². The second kappa shape index (κ2) is 7.26. The van der Waals surface area contributed by atoms with Crippen molar-refractivity contribution in [2.75, 3.05) is 18.2 Å². The van der Waals surface area contributed by atoms with E-state index in [9.17, 15) is 4.79 Å². The highest BCUT2D eigenvalue weighted by Gasteiger charge is 2.18. The number of hydrogen-bond donors (Lipinski definition) is 2. The molecule has 0 bridgehead atoms. The number of anilines is 2. The molecule has 0 unspecified atom stereocenters. The number of carbonyl (C=O) groups excluding carboxylic acids is 1. The Hall–Kier alpha value is -3.35. The molecular weight excluding hydrogens is 330 g/mol. The molecule has 1 amide bonds. The Labute approximate surface area is 151 Å². The van der Waals surface area contributed by atoms with Crippen molar-refractivity contribution in [2.24, 2.45) is 0 Å². The summed E-state index contributed by atoms with van der Waals surface area (Å²) in [5.41, 5.74) is 10.00. The number of aryl methyl sites for hydroxylation is 2. The molecule has 0 atom stereocenters. The van der Waals surface area contributed by atoms with Gasteiger partial charge in [-0.2, -0.15) is 0 Å². The highest BCUT2D eigenvalue weighted by molar-refractivity contribution is 6.05. The predicted molar refractivity (Wildman–Crippen MR) is 100 cm³/mol. The molecule has 1 heterocycles. The Morgan fingerprint density at radius 1 is 1.15 bits per heavy atom. The van der Waals surface area contributed by atoms with Crippen LogP contribution < -0.4 is 15.8 Å². The van der Waals surface area contributed by atoms with Crippen LogP contribution >= 0.6 is 0 Å². The zero-order valence-electron chi connectivity index (χ0n) is 15.0. The maximum atomic E-state index is 12.5. The van der Waals surface area contributed by atoms with Crippen LogP contribution in [0.2, 0.25) is 0 Å². The van der Waals surface area contributed by atoms with Gasteiger partial charge in [0.2, 0.25) is 0 Å². The normalized spacial score (nSPS) is 10.6. The summed E-state index contributed by atoms with van der Waals surface area (Å²) in [6.07, 6.45) is 0. The van der Waals surface area contributed by atoms with E-state index >= 15 is 0 Å². The lowest BCUT2D eigenvalue weighted by atomic mass is 10.1. The molecule has 0 radical (unpaired) electrons. The van der Waals surface area contributed by atoms with Crippen molar-refractivity contribution in [3.63, 3.8) is 0 Å². The molecule has 3 rings (SSSR count). The average Bonchev–Trinajstić information content (AvgIpc) is 2.95. The Balaban J connectivity index is 1.75. The third kappa shape index (κ3) is 3.83. The molecule has 1 aromatic heterocycles. The standard InChI is InChI=1S/C19H21N5O2/c1-12-8-13(2)10-15(9-12)21-19(25)17-18(20)24(23-22-17)11-14-4-6-16(26-3)7-5-14/h4-10H,11,20H2,1-3H3,(H,21,25). The maximum Gasteiger partial charge on any atom is 0.280 e. The highest BCUT2D eigenvalue weighted by atomic mass is 16.5. The summed E-state index contributed by atoms with van der Waals surface area (Å²) in [5, 5.41) is 10.8. The van der Waals surface area contributed by atoms with Crippen LogP contribution in [0.15, 0.2) is 42.5 Å². The lowest BCUT2D eigenvalue weighted by Crippen LogP contribution is -2.15. The fourth-order valence-electron chi connectivity index (χ4n) is 2.74. The number of nitrogens with one attached hydrogen (secondary N) is 1. The Kier molecular flexibility index (Phi) is 4.88. The first-order valence-corrected chi connectivity index (χ1v) is 8.18. The molecular formula is C19H21N5O2. The predicted octanol–water partition coefficient (Wildman–Crippen LogP) is 2.79. The molecule has 3 N–H and O–H groups in total. The molecule has 7 nitrogen and oxygen atoms in total. The summed E-state index contributed by atoms with van der Waals surface area (Å²) < 4.78 is 6.64. The minimum absolute atomic E-state index is 0.109. The number of rotatable bonds is 5. The second-order valence-electron chi connectivity index (χ2n) is 6.16. The van der Waals surface area contributed by atoms with Gasteiger partial charge >= 0.3 is 0 Å². The number of nitrogens with two attached hydrogens (primary N) is 1. The van der Waals surface area contributed by atoms with Crippen molar-refractivity contribution in [3.05, 3.63) is 64.8 Å². The van der Waals surface area contributed by atoms with Crippen LogP contribution in [0.5, 0.6) is 5.75 Å². The van der Waals surface area contributed by atoms with Crippen molar-refractivity contribution in [1.29, 1.82) is 0 Å². The maximum absolute atomic E-state index is 12.5. The minimum atomic E-state index is -0.381. The van der Waals surface area contributed by atoms with Gasteiger partial charge in [-0.15, -0.1) is 5.10 Å². The molecule has 0 saturated carbocycles. The zero-order chi connectivity index (χ0) is 18.7. The quantitative estimate of drug-likeness (QED) is 0.737. The largest absolute Gasteiger partial charge is 0.497 e. The first kappa shape index (κ1) is 17.5. The molecule has 134 valence electrons. The monoisotopic (exact) mass is 351 g/mol. The lowest BCUT2D eigenvalue weighted by molar-refractivity contribution is 0.102. The van der Waals surface area contributed by atoms with Crippen molar-refractivity contribution in [1.82, 2.24) is 15.0 Å². The van der Waals surface area contributed by atoms with E-state index in [4.69, 9.17) is 10.5 Å². The number of benzene rings is 2. The van der Waals surface area contributed by atoms with Gasteiger partial charge < -0.3 is 15.8 Å². The van der Waals surface area contributed by atoms with E-state index in [2.05, 4.69) is 15.6 Å². The smallest absolute Gasteiger partial charge is 0.280 e. The minimum Gasteiger partial charge on any atom is -0.497 e. The van der Waals surface area contributed by atoms with E-state index in [0.29, 0.717) is 12.2 Å². The zero-order valence-corrected chi connectivity index (χ0v) is 15.0. The number of ether oxygens (including phenoxy) is 1. The second-order valence-corrected chi connectivity index (χ2v) is 6.16. The van der Waals surface area contributed by atoms with Crippen molar-refractivity contribution >= 4 is 17.4 Å². The van der Waals surface area contributed by atoms with Crippen LogP contribution in [0.25, 0.3) is 0 Å². The van der Waals surface area contributed by atoms with Crippen LogP contribution in [-0.4, -0.2) is 28.0 Å². The molecule has 0 aliphatic carbocycles. The fourth-order valence-corrected chi connectivity index (χ4v) is 2.74. The van der Waals surface area contributed by atoms with Crippen LogP contribution in [0.1, 0.15) is 27.2 Å². The molecule has 7 heteroatoms. The average molecular weight is 351 g/mol. The molecule has 0 aliphatic heterocycles. The number of amides is 1. The molecule has 26 heavy (non-hydrogen) atoms. The summed E-state index contributed by atoms with van der Waals surface area (Å²) >= 11 is 0.